The predicted octanol–water partition coefficient (Wildman–Crippen LogP) is 1.68. The maximum absolute atomic E-state index is 12.1. The number of aliphatic carboxylic acids is 1. The zero-order valence-corrected chi connectivity index (χ0v) is 14.2. The summed E-state index contributed by atoms with van der Waals surface area (Å²) in [6.45, 7) is 4.34. The first-order valence-corrected chi connectivity index (χ1v) is 8.06. The maximum atomic E-state index is 12.1. The first kappa shape index (κ1) is 19.7. The van der Waals surface area contributed by atoms with E-state index in [2.05, 4.69) is 5.32 Å². The highest BCUT2D eigenvalue weighted by Crippen LogP contribution is 2.15. The molecule has 0 radical (unpaired) electrons. The van der Waals surface area contributed by atoms with Gasteiger partial charge in [0.15, 0.2) is 0 Å². The molecule has 6 nitrogen and oxygen atoms in total. The van der Waals surface area contributed by atoms with Gasteiger partial charge < -0.3 is 16.2 Å². The molecule has 0 saturated carbocycles. The average molecular weight is 331 g/mol. The van der Waals surface area contributed by atoms with Gasteiger partial charge >= 0.3 is 5.97 Å². The molecular formula is C18H25N3O3. The number of carboxylic acid groups (broad SMARTS) is 1. The number of nitrogens with one attached hydrogen (secondary N) is 1. The lowest BCUT2D eigenvalue weighted by atomic mass is 9.94. The third-order valence-electron chi connectivity index (χ3n) is 3.68. The number of benzene rings is 1. The molecule has 0 bridgehead atoms. The van der Waals surface area contributed by atoms with E-state index in [1.54, 1.807) is 18.2 Å². The van der Waals surface area contributed by atoms with Gasteiger partial charge in [-0.3, -0.25) is 9.59 Å². The molecule has 0 aliphatic heterocycles. The second kappa shape index (κ2) is 9.68. The minimum absolute atomic E-state index is 0.0257. The van der Waals surface area contributed by atoms with Gasteiger partial charge in [-0.15, -0.1) is 0 Å². The molecule has 0 fully saturated rings. The number of carbonyl (C=O) groups is 2. The molecule has 2 atom stereocenters. The second-order valence-corrected chi connectivity index (χ2v) is 6.46. The van der Waals surface area contributed by atoms with Crippen molar-refractivity contribution in [3.8, 4) is 6.07 Å². The molecule has 4 N–H and O–H groups in total. The number of nitrogens with zero attached hydrogens (tertiary/aromatic N) is 1. The summed E-state index contributed by atoms with van der Waals surface area (Å²) in [5, 5.41) is 20.6. The molecule has 1 rings (SSSR count). The quantitative estimate of drug-likeness (QED) is 0.636. The molecule has 24 heavy (non-hydrogen) atoms. The Morgan fingerprint density at radius 2 is 2.08 bits per heavy atom. The zero-order valence-electron chi connectivity index (χ0n) is 14.2. The summed E-state index contributed by atoms with van der Waals surface area (Å²) in [5.74, 6) is -0.932. The van der Waals surface area contributed by atoms with E-state index >= 15 is 0 Å². The number of hydrogen-bond donors (Lipinski definition) is 3. The van der Waals surface area contributed by atoms with Gasteiger partial charge in [-0.25, -0.2) is 0 Å². The summed E-state index contributed by atoms with van der Waals surface area (Å²) < 4.78 is 0. The van der Waals surface area contributed by atoms with Gasteiger partial charge in [-0.05, 0) is 42.4 Å². The predicted molar refractivity (Wildman–Crippen MR) is 91.0 cm³/mol. The van der Waals surface area contributed by atoms with Crippen molar-refractivity contribution in [2.75, 3.05) is 6.54 Å². The van der Waals surface area contributed by atoms with E-state index in [0.29, 0.717) is 24.4 Å². The Morgan fingerprint density at radius 3 is 2.67 bits per heavy atom. The van der Waals surface area contributed by atoms with Crippen LogP contribution >= 0.6 is 0 Å². The van der Waals surface area contributed by atoms with Crippen molar-refractivity contribution in [1.29, 1.82) is 5.26 Å². The molecule has 0 spiro atoms. The monoisotopic (exact) mass is 331 g/mol. The Bertz CT molecular complexity index is 608. The first-order valence-electron chi connectivity index (χ1n) is 8.06. The van der Waals surface area contributed by atoms with Crippen LogP contribution < -0.4 is 11.1 Å². The smallest absolute Gasteiger partial charge is 0.303 e. The fourth-order valence-electron chi connectivity index (χ4n) is 2.64. The highest BCUT2D eigenvalue weighted by Gasteiger charge is 2.19. The molecule has 6 heteroatoms. The molecule has 0 aliphatic rings. The number of carbonyl (C=O) groups excluding carboxylic acids is 1. The van der Waals surface area contributed by atoms with Crippen molar-refractivity contribution in [2.45, 2.75) is 39.2 Å². The van der Waals surface area contributed by atoms with Crippen LogP contribution in [0.1, 0.15) is 37.8 Å². The van der Waals surface area contributed by atoms with E-state index in [0.717, 1.165) is 12.0 Å². The lowest BCUT2D eigenvalue weighted by Gasteiger charge is -2.19. The van der Waals surface area contributed by atoms with Crippen molar-refractivity contribution >= 4 is 11.9 Å². The van der Waals surface area contributed by atoms with Gasteiger partial charge in [-0.1, -0.05) is 26.0 Å². The topological polar surface area (TPSA) is 116 Å². The van der Waals surface area contributed by atoms with Crippen LogP contribution in [0.2, 0.25) is 0 Å². The van der Waals surface area contributed by atoms with Gasteiger partial charge in [0.25, 0.3) is 0 Å². The Labute approximate surface area is 142 Å². The van der Waals surface area contributed by atoms with Crippen molar-refractivity contribution in [3.63, 3.8) is 0 Å². The Balaban J connectivity index is 2.55. The second-order valence-electron chi connectivity index (χ2n) is 6.46. The van der Waals surface area contributed by atoms with Crippen LogP contribution in [0.4, 0.5) is 0 Å². The molecule has 0 unspecified atom stereocenters. The minimum Gasteiger partial charge on any atom is -0.481 e. The lowest BCUT2D eigenvalue weighted by molar-refractivity contribution is -0.138. The standard InChI is InChI=1S/C18H25N3O3/c1-12(2)6-15(9-17(22)23)11-21-18(24)16(20)8-13-4-3-5-14(7-13)10-19/h3-5,7,12,15-16H,6,8-9,11,20H2,1-2H3,(H,21,24)(H,22,23)/t15-,16-/m1/s1. The Kier molecular flexibility index (Phi) is 7.93. The van der Waals surface area contributed by atoms with Crippen LogP contribution in [0.5, 0.6) is 0 Å². The fraction of sp³-hybridized carbons (Fsp3) is 0.500. The lowest BCUT2D eigenvalue weighted by Crippen LogP contribution is -2.44. The molecule has 130 valence electrons. The summed E-state index contributed by atoms with van der Waals surface area (Å²) >= 11 is 0. The molecule has 1 aromatic rings. The summed E-state index contributed by atoms with van der Waals surface area (Å²) in [7, 11) is 0. The van der Waals surface area contributed by atoms with E-state index < -0.39 is 12.0 Å². The van der Waals surface area contributed by atoms with Crippen molar-refractivity contribution < 1.29 is 14.7 Å². The van der Waals surface area contributed by atoms with Gasteiger partial charge in [0.1, 0.15) is 0 Å². The molecule has 0 heterocycles. The van der Waals surface area contributed by atoms with Crippen LogP contribution in [-0.4, -0.2) is 29.6 Å². The molecule has 0 aromatic heterocycles. The summed E-state index contributed by atoms with van der Waals surface area (Å²) in [5.41, 5.74) is 7.27. The number of rotatable bonds is 9. The molecule has 0 aliphatic carbocycles. The van der Waals surface area contributed by atoms with E-state index in [9.17, 15) is 9.59 Å². The average Bonchev–Trinajstić information content (AvgIpc) is 2.51. The SMILES string of the molecule is CC(C)C[C@@H](CNC(=O)[C@H](N)Cc1cccc(C#N)c1)CC(=O)O. The molecule has 0 saturated heterocycles. The van der Waals surface area contributed by atoms with Crippen LogP contribution in [-0.2, 0) is 16.0 Å². The summed E-state index contributed by atoms with van der Waals surface area (Å²) in [6.07, 6.45) is 1.08. The maximum Gasteiger partial charge on any atom is 0.303 e. The third-order valence-corrected chi connectivity index (χ3v) is 3.68. The van der Waals surface area contributed by atoms with Crippen molar-refractivity contribution in [3.05, 3.63) is 35.4 Å². The molecular weight excluding hydrogens is 306 g/mol. The number of carboxylic acids is 1. The summed E-state index contributed by atoms with van der Waals surface area (Å²) in [4.78, 5) is 23.0. The highest BCUT2D eigenvalue weighted by atomic mass is 16.4. The van der Waals surface area contributed by atoms with Gasteiger partial charge in [-0.2, -0.15) is 5.26 Å². The highest BCUT2D eigenvalue weighted by molar-refractivity contribution is 5.81. The number of nitrogens with two attached hydrogens (primary N) is 1. The molecule has 1 amide bonds. The van der Waals surface area contributed by atoms with Crippen LogP contribution in [0.25, 0.3) is 0 Å². The van der Waals surface area contributed by atoms with Crippen LogP contribution in [0.15, 0.2) is 24.3 Å². The van der Waals surface area contributed by atoms with Crippen LogP contribution in [0, 0.1) is 23.2 Å². The Morgan fingerprint density at radius 1 is 1.38 bits per heavy atom. The number of hydrogen-bond acceptors (Lipinski definition) is 4. The third kappa shape index (κ3) is 7.25. The molecule has 1 aromatic carbocycles. The minimum atomic E-state index is -0.868. The van der Waals surface area contributed by atoms with Crippen LogP contribution in [0.3, 0.4) is 0 Å². The Hall–Kier alpha value is -2.39. The van der Waals surface area contributed by atoms with E-state index in [1.807, 2.05) is 26.0 Å². The first-order chi connectivity index (χ1) is 11.3. The number of nitriles is 1. The normalized spacial score (nSPS) is 13.1. The zero-order chi connectivity index (χ0) is 18.1. The van der Waals surface area contributed by atoms with E-state index in [4.69, 9.17) is 16.1 Å². The largest absolute Gasteiger partial charge is 0.481 e. The van der Waals surface area contributed by atoms with E-state index in [-0.39, 0.29) is 18.2 Å². The van der Waals surface area contributed by atoms with Gasteiger partial charge in [0, 0.05) is 13.0 Å². The van der Waals surface area contributed by atoms with Crippen molar-refractivity contribution in [1.82, 2.24) is 5.32 Å². The van der Waals surface area contributed by atoms with E-state index in [1.165, 1.54) is 0 Å². The van der Waals surface area contributed by atoms with Crippen molar-refractivity contribution in [2.24, 2.45) is 17.6 Å². The summed E-state index contributed by atoms with van der Waals surface area (Å²) in [6, 6.07) is 8.29. The fourth-order valence-corrected chi connectivity index (χ4v) is 2.64. The van der Waals surface area contributed by atoms with Gasteiger partial charge in [0.2, 0.25) is 5.91 Å². The van der Waals surface area contributed by atoms with Gasteiger partial charge in [0.05, 0.1) is 17.7 Å². The number of amides is 1.